The summed E-state index contributed by atoms with van der Waals surface area (Å²) in [4.78, 5) is -0.383. The maximum Gasteiger partial charge on any atom is 0.243 e. The van der Waals surface area contributed by atoms with E-state index in [2.05, 4.69) is 19.7 Å². The third kappa shape index (κ3) is 4.10. The smallest absolute Gasteiger partial charge is 0.243 e. The molecule has 6 nitrogen and oxygen atoms in total. The fraction of sp³-hybridized carbons (Fsp3) is 0.308. The molecule has 0 amide bonds. The van der Waals surface area contributed by atoms with Crippen LogP contribution >= 0.6 is 0 Å². The van der Waals surface area contributed by atoms with E-state index in [0.29, 0.717) is 17.8 Å². The van der Waals surface area contributed by atoms with Crippen LogP contribution in [0, 0.1) is 5.82 Å². The Morgan fingerprint density at radius 3 is 2.71 bits per heavy atom. The molecule has 0 bridgehead atoms. The first-order chi connectivity index (χ1) is 10.0. The monoisotopic (exact) mass is 313 g/mol. The molecule has 0 unspecified atom stereocenters. The SMILES string of the molecule is CCNCc1ccc(S(=O)(=O)NCc2ccon2)c(F)c1. The second-order valence-corrected chi connectivity index (χ2v) is 6.10. The molecule has 0 atom stereocenters. The summed E-state index contributed by atoms with van der Waals surface area (Å²) < 4.78 is 44.9. The molecule has 0 aliphatic rings. The van der Waals surface area contributed by atoms with Crippen molar-refractivity contribution in [3.05, 3.63) is 47.6 Å². The summed E-state index contributed by atoms with van der Waals surface area (Å²) >= 11 is 0. The van der Waals surface area contributed by atoms with Gasteiger partial charge in [0.25, 0.3) is 0 Å². The van der Waals surface area contributed by atoms with Crippen LogP contribution in [0.4, 0.5) is 4.39 Å². The highest BCUT2D eigenvalue weighted by molar-refractivity contribution is 7.89. The van der Waals surface area contributed by atoms with Crippen LogP contribution < -0.4 is 10.0 Å². The number of nitrogens with zero attached hydrogens (tertiary/aromatic N) is 1. The van der Waals surface area contributed by atoms with Gasteiger partial charge in [0.05, 0.1) is 12.2 Å². The molecule has 0 fully saturated rings. The number of hydrogen-bond acceptors (Lipinski definition) is 5. The zero-order valence-corrected chi connectivity index (χ0v) is 12.3. The van der Waals surface area contributed by atoms with E-state index in [1.165, 1.54) is 24.5 Å². The van der Waals surface area contributed by atoms with Gasteiger partial charge in [0, 0.05) is 12.6 Å². The number of benzene rings is 1. The van der Waals surface area contributed by atoms with E-state index in [1.807, 2.05) is 6.92 Å². The molecule has 0 saturated carbocycles. The van der Waals surface area contributed by atoms with Crippen molar-refractivity contribution in [2.45, 2.75) is 24.9 Å². The maximum absolute atomic E-state index is 14.0. The van der Waals surface area contributed by atoms with Crippen LogP contribution in [0.3, 0.4) is 0 Å². The zero-order chi connectivity index (χ0) is 15.3. The molecule has 0 radical (unpaired) electrons. The van der Waals surface area contributed by atoms with Crippen molar-refractivity contribution < 1.29 is 17.3 Å². The van der Waals surface area contributed by atoms with Gasteiger partial charge in [-0.05, 0) is 24.2 Å². The van der Waals surface area contributed by atoms with Gasteiger partial charge in [-0.1, -0.05) is 18.1 Å². The third-order valence-corrected chi connectivity index (χ3v) is 4.23. The Labute approximate surface area is 122 Å². The predicted octanol–water partition coefficient (Wildman–Crippen LogP) is 1.40. The van der Waals surface area contributed by atoms with Gasteiger partial charge in [-0.15, -0.1) is 0 Å². The molecule has 1 heterocycles. The number of sulfonamides is 1. The lowest BCUT2D eigenvalue weighted by Crippen LogP contribution is -2.24. The molecule has 0 spiro atoms. The van der Waals surface area contributed by atoms with Crippen molar-refractivity contribution in [2.24, 2.45) is 0 Å². The van der Waals surface area contributed by atoms with E-state index in [4.69, 9.17) is 0 Å². The fourth-order valence-electron chi connectivity index (χ4n) is 1.72. The quantitative estimate of drug-likeness (QED) is 0.807. The Balaban J connectivity index is 2.12. The second kappa shape index (κ2) is 6.79. The zero-order valence-electron chi connectivity index (χ0n) is 11.5. The van der Waals surface area contributed by atoms with Crippen molar-refractivity contribution in [3.8, 4) is 0 Å². The van der Waals surface area contributed by atoms with Gasteiger partial charge in [0.2, 0.25) is 10.0 Å². The summed E-state index contributed by atoms with van der Waals surface area (Å²) in [6.45, 7) is 3.11. The Morgan fingerprint density at radius 2 is 2.10 bits per heavy atom. The minimum absolute atomic E-state index is 0.0581. The van der Waals surface area contributed by atoms with E-state index in [-0.39, 0.29) is 11.4 Å². The normalized spacial score (nSPS) is 11.7. The largest absolute Gasteiger partial charge is 0.364 e. The average Bonchev–Trinajstić information content (AvgIpc) is 2.96. The van der Waals surface area contributed by atoms with E-state index in [0.717, 1.165) is 6.54 Å². The van der Waals surface area contributed by atoms with Gasteiger partial charge >= 0.3 is 0 Å². The van der Waals surface area contributed by atoms with E-state index in [1.54, 1.807) is 6.07 Å². The van der Waals surface area contributed by atoms with Crippen LogP contribution in [0.1, 0.15) is 18.2 Å². The molecule has 1 aromatic carbocycles. The van der Waals surface area contributed by atoms with Gasteiger partial charge in [0.15, 0.2) is 0 Å². The number of hydrogen-bond donors (Lipinski definition) is 2. The molecule has 1 aromatic heterocycles. The van der Waals surface area contributed by atoms with Crippen LogP contribution in [0.15, 0.2) is 39.9 Å². The molecule has 114 valence electrons. The molecule has 8 heteroatoms. The van der Waals surface area contributed by atoms with Crippen molar-refractivity contribution in [1.82, 2.24) is 15.2 Å². The molecule has 0 saturated heterocycles. The highest BCUT2D eigenvalue weighted by Gasteiger charge is 2.19. The number of aromatic nitrogens is 1. The fourth-order valence-corrected chi connectivity index (χ4v) is 2.77. The Hall–Kier alpha value is -1.77. The Bertz CT molecular complexity index is 687. The molecule has 21 heavy (non-hydrogen) atoms. The van der Waals surface area contributed by atoms with Crippen molar-refractivity contribution >= 4 is 10.0 Å². The van der Waals surface area contributed by atoms with Crippen molar-refractivity contribution in [3.63, 3.8) is 0 Å². The summed E-state index contributed by atoms with van der Waals surface area (Å²) in [7, 11) is -3.93. The minimum atomic E-state index is -3.93. The molecule has 2 rings (SSSR count). The van der Waals surface area contributed by atoms with Crippen molar-refractivity contribution in [2.75, 3.05) is 6.54 Å². The number of halogens is 1. The van der Waals surface area contributed by atoms with E-state index >= 15 is 0 Å². The lowest BCUT2D eigenvalue weighted by molar-refractivity contribution is 0.411. The van der Waals surface area contributed by atoms with Gasteiger partial charge < -0.3 is 9.84 Å². The lowest BCUT2D eigenvalue weighted by Gasteiger charge is -2.08. The Kier molecular flexibility index (Phi) is 5.05. The highest BCUT2D eigenvalue weighted by Crippen LogP contribution is 2.16. The lowest BCUT2D eigenvalue weighted by atomic mass is 10.2. The average molecular weight is 313 g/mol. The minimum Gasteiger partial charge on any atom is -0.364 e. The molecule has 0 aliphatic heterocycles. The summed E-state index contributed by atoms with van der Waals surface area (Å²) in [5, 5.41) is 6.62. The van der Waals surface area contributed by atoms with Gasteiger partial charge in [-0.2, -0.15) is 0 Å². The number of rotatable bonds is 7. The first kappa shape index (κ1) is 15.6. The van der Waals surface area contributed by atoms with Crippen molar-refractivity contribution in [1.29, 1.82) is 0 Å². The summed E-state index contributed by atoms with van der Waals surface area (Å²) in [5.74, 6) is -0.780. The second-order valence-electron chi connectivity index (χ2n) is 4.36. The van der Waals surface area contributed by atoms with Crippen LogP contribution in [-0.4, -0.2) is 20.1 Å². The van der Waals surface area contributed by atoms with Gasteiger partial charge in [0.1, 0.15) is 17.0 Å². The number of nitrogens with one attached hydrogen (secondary N) is 2. The predicted molar refractivity (Wildman–Crippen MR) is 74.3 cm³/mol. The summed E-state index contributed by atoms with van der Waals surface area (Å²) in [6, 6.07) is 5.58. The van der Waals surface area contributed by atoms with Crippen LogP contribution in [-0.2, 0) is 23.1 Å². The topological polar surface area (TPSA) is 84.2 Å². The summed E-state index contributed by atoms with van der Waals surface area (Å²) in [6.07, 6.45) is 1.33. The van der Waals surface area contributed by atoms with Gasteiger partial charge in [-0.3, -0.25) is 0 Å². The van der Waals surface area contributed by atoms with E-state index in [9.17, 15) is 12.8 Å². The highest BCUT2D eigenvalue weighted by atomic mass is 32.2. The van der Waals surface area contributed by atoms with Crippen LogP contribution in [0.25, 0.3) is 0 Å². The first-order valence-corrected chi connectivity index (χ1v) is 7.89. The third-order valence-electron chi connectivity index (χ3n) is 2.80. The summed E-state index contributed by atoms with van der Waals surface area (Å²) in [5.41, 5.74) is 1.10. The molecular formula is C13H16FN3O3S. The molecule has 2 N–H and O–H groups in total. The van der Waals surface area contributed by atoms with Gasteiger partial charge in [-0.25, -0.2) is 17.5 Å². The Morgan fingerprint density at radius 1 is 1.29 bits per heavy atom. The van der Waals surface area contributed by atoms with E-state index < -0.39 is 15.8 Å². The van der Waals surface area contributed by atoms with Crippen LogP contribution in [0.2, 0.25) is 0 Å². The molecular weight excluding hydrogens is 297 g/mol. The van der Waals surface area contributed by atoms with Crippen LogP contribution in [0.5, 0.6) is 0 Å². The maximum atomic E-state index is 14.0. The first-order valence-electron chi connectivity index (χ1n) is 6.41. The molecule has 0 aliphatic carbocycles. The molecule has 2 aromatic rings. The standard InChI is InChI=1S/C13H16FN3O3S/c1-2-15-8-10-3-4-13(12(14)7-10)21(18,19)16-9-11-5-6-20-17-11/h3-7,15-16H,2,8-9H2,1H3.